The van der Waals surface area contributed by atoms with E-state index >= 15 is 0 Å². The van der Waals surface area contributed by atoms with Crippen LogP contribution in [0.25, 0.3) is 0 Å². The molecule has 0 aliphatic rings. The van der Waals surface area contributed by atoms with Crippen molar-refractivity contribution in [1.29, 1.82) is 0 Å². The number of carbonyl (C=O) groups excluding carboxylic acids is 1. The van der Waals surface area contributed by atoms with E-state index < -0.39 is 0 Å². The van der Waals surface area contributed by atoms with Gasteiger partial charge in [0.25, 0.3) is 0 Å². The van der Waals surface area contributed by atoms with E-state index in [4.69, 9.17) is 14.2 Å². The zero-order chi connectivity index (χ0) is 19.1. The normalized spacial score (nSPS) is 11.4. The number of methoxy groups -OCH3 is 3. The first kappa shape index (κ1) is 19.4. The molecule has 2 rings (SSSR count). The summed E-state index contributed by atoms with van der Waals surface area (Å²) in [5.74, 6) is 1.43. The van der Waals surface area contributed by atoms with Crippen molar-refractivity contribution in [2.45, 2.75) is 26.3 Å². The highest BCUT2D eigenvalue weighted by Crippen LogP contribution is 2.39. The number of anilines is 1. The van der Waals surface area contributed by atoms with Crippen LogP contribution in [0.5, 0.6) is 17.2 Å². The van der Waals surface area contributed by atoms with Crippen molar-refractivity contribution in [1.82, 2.24) is 5.32 Å². The number of hydrogen-bond donors (Lipinski definition) is 2. The summed E-state index contributed by atoms with van der Waals surface area (Å²) < 4.78 is 15.9. The van der Waals surface area contributed by atoms with E-state index in [1.165, 1.54) is 26.9 Å². The van der Waals surface area contributed by atoms with Crippen LogP contribution in [-0.4, -0.2) is 27.4 Å². The van der Waals surface area contributed by atoms with E-state index in [9.17, 15) is 4.79 Å². The molecule has 0 radical (unpaired) electrons. The number of aryl methyl sites for hydroxylation is 1. The molecule has 0 saturated carbocycles. The van der Waals surface area contributed by atoms with Crippen LogP contribution in [0.2, 0.25) is 0 Å². The highest BCUT2D eigenvalue weighted by molar-refractivity contribution is 5.90. The van der Waals surface area contributed by atoms with Crippen LogP contribution in [0.15, 0.2) is 36.4 Å². The molecule has 2 amide bonds. The Hall–Kier alpha value is -2.89. The van der Waals surface area contributed by atoms with Crippen LogP contribution in [-0.2, 0) is 6.42 Å². The van der Waals surface area contributed by atoms with Gasteiger partial charge in [-0.25, -0.2) is 4.79 Å². The van der Waals surface area contributed by atoms with E-state index in [-0.39, 0.29) is 12.1 Å². The fourth-order valence-electron chi connectivity index (χ4n) is 2.64. The van der Waals surface area contributed by atoms with Gasteiger partial charge >= 0.3 is 6.03 Å². The third-order valence-electron chi connectivity index (χ3n) is 4.16. The highest BCUT2D eigenvalue weighted by atomic mass is 16.5. The van der Waals surface area contributed by atoms with Crippen molar-refractivity contribution in [3.8, 4) is 17.2 Å². The van der Waals surface area contributed by atoms with Crippen molar-refractivity contribution in [2.75, 3.05) is 26.6 Å². The SMILES string of the molecule is CCc1ccc([C@@H](C)NC(=O)Nc2cc(OC)c(OC)c(OC)c2)cc1. The Morgan fingerprint density at radius 1 is 1.00 bits per heavy atom. The van der Waals surface area contributed by atoms with Crippen molar-refractivity contribution < 1.29 is 19.0 Å². The highest BCUT2D eigenvalue weighted by Gasteiger charge is 2.15. The number of benzene rings is 2. The lowest BCUT2D eigenvalue weighted by Crippen LogP contribution is -2.31. The van der Waals surface area contributed by atoms with E-state index in [0.29, 0.717) is 22.9 Å². The topological polar surface area (TPSA) is 68.8 Å². The van der Waals surface area contributed by atoms with Gasteiger partial charge in [-0.15, -0.1) is 0 Å². The first-order chi connectivity index (χ1) is 12.5. The lowest BCUT2D eigenvalue weighted by atomic mass is 10.1. The molecule has 26 heavy (non-hydrogen) atoms. The minimum Gasteiger partial charge on any atom is -0.493 e. The van der Waals surface area contributed by atoms with Gasteiger partial charge in [-0.1, -0.05) is 31.2 Å². The first-order valence-electron chi connectivity index (χ1n) is 8.48. The van der Waals surface area contributed by atoms with E-state index in [0.717, 1.165) is 12.0 Å². The van der Waals surface area contributed by atoms with Crippen LogP contribution in [0.3, 0.4) is 0 Å². The monoisotopic (exact) mass is 358 g/mol. The average Bonchev–Trinajstić information content (AvgIpc) is 2.66. The molecule has 0 unspecified atom stereocenters. The number of carbonyl (C=O) groups is 1. The van der Waals surface area contributed by atoms with Gasteiger partial charge in [-0.05, 0) is 24.5 Å². The maximum atomic E-state index is 12.3. The minimum absolute atomic E-state index is 0.122. The summed E-state index contributed by atoms with van der Waals surface area (Å²) in [6.45, 7) is 4.05. The lowest BCUT2D eigenvalue weighted by molar-refractivity contribution is 0.249. The molecule has 0 fully saturated rings. The van der Waals surface area contributed by atoms with Crippen LogP contribution >= 0.6 is 0 Å². The number of urea groups is 1. The maximum absolute atomic E-state index is 12.3. The number of ether oxygens (including phenoxy) is 3. The molecule has 6 nitrogen and oxygen atoms in total. The van der Waals surface area contributed by atoms with Crippen molar-refractivity contribution in [3.05, 3.63) is 47.5 Å². The van der Waals surface area contributed by atoms with Crippen LogP contribution < -0.4 is 24.8 Å². The summed E-state index contributed by atoms with van der Waals surface area (Å²) in [5.41, 5.74) is 2.86. The molecule has 0 aliphatic carbocycles. The molecule has 6 heteroatoms. The number of hydrogen-bond acceptors (Lipinski definition) is 4. The smallest absolute Gasteiger partial charge is 0.319 e. The zero-order valence-corrected chi connectivity index (χ0v) is 15.9. The molecule has 0 aliphatic heterocycles. The molecule has 0 bridgehead atoms. The summed E-state index contributed by atoms with van der Waals surface area (Å²) in [7, 11) is 4.60. The van der Waals surface area contributed by atoms with E-state index in [2.05, 4.69) is 29.7 Å². The molecule has 2 aromatic rings. The average molecular weight is 358 g/mol. The second-order valence-electron chi connectivity index (χ2n) is 5.83. The summed E-state index contributed by atoms with van der Waals surface area (Å²) in [6, 6.07) is 11.1. The van der Waals surface area contributed by atoms with E-state index in [1.54, 1.807) is 12.1 Å². The van der Waals surface area contributed by atoms with Gasteiger partial charge in [0.15, 0.2) is 11.5 Å². The summed E-state index contributed by atoms with van der Waals surface area (Å²) in [5, 5.41) is 5.72. The van der Waals surface area contributed by atoms with Crippen molar-refractivity contribution >= 4 is 11.7 Å². The van der Waals surface area contributed by atoms with Gasteiger partial charge < -0.3 is 24.8 Å². The Balaban J connectivity index is 2.08. The Kier molecular flexibility index (Phi) is 6.72. The Morgan fingerprint density at radius 3 is 2.04 bits per heavy atom. The lowest BCUT2D eigenvalue weighted by Gasteiger charge is -2.17. The zero-order valence-electron chi connectivity index (χ0n) is 15.9. The van der Waals surface area contributed by atoms with Gasteiger partial charge in [-0.2, -0.15) is 0 Å². The molecular weight excluding hydrogens is 332 g/mol. The number of rotatable bonds is 7. The Bertz CT molecular complexity index is 719. The third-order valence-corrected chi connectivity index (χ3v) is 4.16. The maximum Gasteiger partial charge on any atom is 0.319 e. The van der Waals surface area contributed by atoms with Gasteiger partial charge in [-0.3, -0.25) is 0 Å². The second kappa shape index (κ2) is 8.99. The molecule has 2 aromatic carbocycles. The predicted molar refractivity (Wildman–Crippen MR) is 102 cm³/mol. The second-order valence-corrected chi connectivity index (χ2v) is 5.83. The number of nitrogens with one attached hydrogen (secondary N) is 2. The molecule has 2 N–H and O–H groups in total. The van der Waals surface area contributed by atoms with Crippen molar-refractivity contribution in [3.63, 3.8) is 0 Å². The van der Waals surface area contributed by atoms with Crippen LogP contribution in [0.1, 0.15) is 31.0 Å². The fourth-order valence-corrected chi connectivity index (χ4v) is 2.64. The largest absolute Gasteiger partial charge is 0.493 e. The Labute approximate surface area is 154 Å². The van der Waals surface area contributed by atoms with Gasteiger partial charge in [0.05, 0.1) is 33.1 Å². The van der Waals surface area contributed by atoms with Gasteiger partial charge in [0.2, 0.25) is 5.75 Å². The van der Waals surface area contributed by atoms with Crippen LogP contribution in [0, 0.1) is 0 Å². The number of amides is 2. The van der Waals surface area contributed by atoms with Crippen molar-refractivity contribution in [2.24, 2.45) is 0 Å². The fraction of sp³-hybridized carbons (Fsp3) is 0.350. The first-order valence-corrected chi connectivity index (χ1v) is 8.48. The summed E-state index contributed by atoms with van der Waals surface area (Å²) in [4.78, 5) is 12.3. The van der Waals surface area contributed by atoms with E-state index in [1.807, 2.05) is 19.1 Å². The van der Waals surface area contributed by atoms with Gasteiger partial charge in [0, 0.05) is 12.1 Å². The summed E-state index contributed by atoms with van der Waals surface area (Å²) >= 11 is 0. The molecule has 0 heterocycles. The molecule has 0 aromatic heterocycles. The molecule has 0 saturated heterocycles. The van der Waals surface area contributed by atoms with Gasteiger partial charge in [0.1, 0.15) is 0 Å². The third kappa shape index (κ3) is 4.59. The summed E-state index contributed by atoms with van der Waals surface area (Å²) in [6.07, 6.45) is 0.990. The Morgan fingerprint density at radius 2 is 1.58 bits per heavy atom. The standard InChI is InChI=1S/C20H26N2O4/c1-6-14-7-9-15(10-8-14)13(2)21-20(23)22-16-11-17(24-3)19(26-5)18(12-16)25-4/h7-13H,6H2,1-5H3,(H2,21,22,23)/t13-/m1/s1. The predicted octanol–water partition coefficient (Wildman–Crippen LogP) is 4.16. The molecule has 0 spiro atoms. The quantitative estimate of drug-likeness (QED) is 0.780. The molecule has 1 atom stereocenters. The minimum atomic E-state index is -0.314. The molecule has 140 valence electrons. The van der Waals surface area contributed by atoms with Crippen LogP contribution in [0.4, 0.5) is 10.5 Å². The molecular formula is C20H26N2O4.